The molecule has 3 N–H and O–H groups in total. The number of H-pyrrole nitrogens is 1. The van der Waals surface area contributed by atoms with Gasteiger partial charge in [-0.2, -0.15) is 0 Å². The van der Waals surface area contributed by atoms with Gasteiger partial charge in [-0.05, 0) is 56.9 Å². The monoisotopic (exact) mass is 330 g/mol. The number of hydrogen-bond donors (Lipinski definition) is 2. The van der Waals surface area contributed by atoms with E-state index in [1.807, 2.05) is 12.1 Å². The zero-order valence-electron chi connectivity index (χ0n) is 14.4. The normalized spacial score (nSPS) is 16.8. The summed E-state index contributed by atoms with van der Waals surface area (Å²) in [6, 6.07) is 5.49. The minimum absolute atomic E-state index is 0.414. The van der Waals surface area contributed by atoms with E-state index < -0.39 is 6.09 Å². The molecular formula is C18H26N4O2. The van der Waals surface area contributed by atoms with Crippen molar-refractivity contribution in [2.45, 2.75) is 39.0 Å². The lowest BCUT2D eigenvalue weighted by Gasteiger charge is -2.31. The summed E-state index contributed by atoms with van der Waals surface area (Å²) in [6.07, 6.45) is 2.64. The third-order valence-corrected chi connectivity index (χ3v) is 4.70. The standard InChI is InChI=1S/C18H26N4O2/c1-12(2)6-9-22-10-7-13(8-11-22)17-20-14-4-3-5-15(16(14)21-17)24-18(19)23/h3-5,12-13H,6-11H2,1-2H3,(H2,19,23)(H,20,21). The van der Waals surface area contributed by atoms with Gasteiger partial charge in [-0.1, -0.05) is 19.9 Å². The van der Waals surface area contributed by atoms with E-state index in [1.54, 1.807) is 6.07 Å². The van der Waals surface area contributed by atoms with Crippen LogP contribution >= 0.6 is 0 Å². The number of para-hydroxylation sites is 1. The van der Waals surface area contributed by atoms with Crippen LogP contribution in [0.4, 0.5) is 4.79 Å². The summed E-state index contributed by atoms with van der Waals surface area (Å²) in [5, 5.41) is 0. The molecule has 0 spiro atoms. The lowest BCUT2D eigenvalue weighted by atomic mass is 9.95. The first-order chi connectivity index (χ1) is 11.5. The first kappa shape index (κ1) is 16.8. The van der Waals surface area contributed by atoms with Crippen molar-refractivity contribution in [1.82, 2.24) is 14.9 Å². The van der Waals surface area contributed by atoms with E-state index in [-0.39, 0.29) is 0 Å². The largest absolute Gasteiger partial charge is 0.410 e. The van der Waals surface area contributed by atoms with Gasteiger partial charge >= 0.3 is 6.09 Å². The van der Waals surface area contributed by atoms with E-state index in [0.29, 0.717) is 17.2 Å². The number of ether oxygens (including phenoxy) is 1. The van der Waals surface area contributed by atoms with Crippen molar-refractivity contribution in [3.8, 4) is 5.75 Å². The van der Waals surface area contributed by atoms with Crippen LogP contribution in [-0.2, 0) is 0 Å². The molecule has 1 aliphatic rings. The third-order valence-electron chi connectivity index (χ3n) is 4.70. The molecule has 1 saturated heterocycles. The Kier molecular flexibility index (Phi) is 5.04. The van der Waals surface area contributed by atoms with Crippen molar-refractivity contribution >= 4 is 17.1 Å². The molecule has 1 aromatic carbocycles. The number of aromatic amines is 1. The van der Waals surface area contributed by atoms with E-state index in [2.05, 4.69) is 28.7 Å². The minimum atomic E-state index is -0.814. The highest BCUT2D eigenvalue weighted by molar-refractivity contribution is 5.84. The number of likely N-dealkylation sites (tertiary alicyclic amines) is 1. The summed E-state index contributed by atoms with van der Waals surface area (Å²) in [6.45, 7) is 7.94. The number of hydrogen-bond acceptors (Lipinski definition) is 4. The molecule has 2 aromatic rings. The van der Waals surface area contributed by atoms with Crippen molar-refractivity contribution in [2.24, 2.45) is 11.7 Å². The maximum absolute atomic E-state index is 11.0. The topological polar surface area (TPSA) is 84.2 Å². The highest BCUT2D eigenvalue weighted by Gasteiger charge is 2.23. The number of nitrogens with one attached hydrogen (secondary N) is 1. The lowest BCUT2D eigenvalue weighted by Crippen LogP contribution is -2.34. The fraction of sp³-hybridized carbons (Fsp3) is 0.556. The fourth-order valence-corrected chi connectivity index (χ4v) is 3.28. The second-order valence-electron chi connectivity index (χ2n) is 6.99. The number of fused-ring (bicyclic) bond motifs is 1. The second kappa shape index (κ2) is 7.21. The predicted molar refractivity (Wildman–Crippen MR) is 94.2 cm³/mol. The average molecular weight is 330 g/mol. The molecule has 6 heteroatoms. The maximum atomic E-state index is 11.0. The Hall–Kier alpha value is -2.08. The fourth-order valence-electron chi connectivity index (χ4n) is 3.28. The zero-order valence-corrected chi connectivity index (χ0v) is 14.4. The Balaban J connectivity index is 1.69. The third kappa shape index (κ3) is 3.87. The second-order valence-corrected chi connectivity index (χ2v) is 6.99. The van der Waals surface area contributed by atoms with Crippen molar-refractivity contribution < 1.29 is 9.53 Å². The minimum Gasteiger partial charge on any atom is -0.408 e. The van der Waals surface area contributed by atoms with Gasteiger partial charge in [0.1, 0.15) is 11.3 Å². The van der Waals surface area contributed by atoms with Crippen LogP contribution < -0.4 is 10.5 Å². The van der Waals surface area contributed by atoms with Crippen molar-refractivity contribution in [2.75, 3.05) is 19.6 Å². The molecule has 0 bridgehead atoms. The first-order valence-corrected chi connectivity index (χ1v) is 8.71. The molecular weight excluding hydrogens is 304 g/mol. The highest BCUT2D eigenvalue weighted by Crippen LogP contribution is 2.30. The van der Waals surface area contributed by atoms with Crippen molar-refractivity contribution in [3.63, 3.8) is 0 Å². The molecule has 3 rings (SSSR count). The van der Waals surface area contributed by atoms with Gasteiger partial charge in [-0.25, -0.2) is 9.78 Å². The Labute approximate surface area is 142 Å². The zero-order chi connectivity index (χ0) is 17.1. The number of carbonyl (C=O) groups is 1. The number of carbonyl (C=O) groups excluding carboxylic acids is 1. The van der Waals surface area contributed by atoms with Gasteiger partial charge in [0, 0.05) is 5.92 Å². The van der Waals surface area contributed by atoms with Crippen LogP contribution in [0, 0.1) is 5.92 Å². The van der Waals surface area contributed by atoms with Gasteiger partial charge in [-0.15, -0.1) is 0 Å². The van der Waals surface area contributed by atoms with E-state index in [4.69, 9.17) is 10.5 Å². The number of nitrogens with two attached hydrogens (primary N) is 1. The number of rotatable bonds is 5. The number of benzene rings is 1. The maximum Gasteiger partial charge on any atom is 0.410 e. The van der Waals surface area contributed by atoms with Crippen LogP contribution in [0.25, 0.3) is 11.0 Å². The van der Waals surface area contributed by atoms with E-state index in [9.17, 15) is 4.79 Å². The Bertz CT molecular complexity index is 702. The molecule has 0 unspecified atom stereocenters. The van der Waals surface area contributed by atoms with Crippen LogP contribution in [0.5, 0.6) is 5.75 Å². The molecule has 2 heterocycles. The number of imidazole rings is 1. The molecule has 1 aromatic heterocycles. The van der Waals surface area contributed by atoms with Crippen molar-refractivity contribution in [3.05, 3.63) is 24.0 Å². The summed E-state index contributed by atoms with van der Waals surface area (Å²) in [4.78, 5) is 21.6. The molecule has 1 aliphatic heterocycles. The Morgan fingerprint density at radius 3 is 2.83 bits per heavy atom. The molecule has 0 saturated carbocycles. The molecule has 1 fully saturated rings. The molecule has 1 amide bonds. The molecule has 0 atom stereocenters. The number of primary amides is 1. The predicted octanol–water partition coefficient (Wildman–Crippen LogP) is 3.25. The van der Waals surface area contributed by atoms with Gasteiger partial charge in [0.25, 0.3) is 0 Å². The summed E-state index contributed by atoms with van der Waals surface area (Å²) in [7, 11) is 0. The highest BCUT2D eigenvalue weighted by atomic mass is 16.5. The lowest BCUT2D eigenvalue weighted by molar-refractivity contribution is 0.200. The summed E-state index contributed by atoms with van der Waals surface area (Å²) in [5.41, 5.74) is 6.68. The van der Waals surface area contributed by atoms with Crippen LogP contribution in [0.15, 0.2) is 18.2 Å². The van der Waals surface area contributed by atoms with Gasteiger partial charge in [0.05, 0.1) is 5.52 Å². The quantitative estimate of drug-likeness (QED) is 0.881. The van der Waals surface area contributed by atoms with Crippen molar-refractivity contribution in [1.29, 1.82) is 0 Å². The SMILES string of the molecule is CC(C)CCN1CCC(c2nc3c(OC(N)=O)cccc3[nH]2)CC1. The smallest absolute Gasteiger partial charge is 0.408 e. The van der Waals surface area contributed by atoms with Gasteiger partial charge in [-0.3, -0.25) is 0 Å². The Morgan fingerprint density at radius 1 is 1.42 bits per heavy atom. The van der Waals surface area contributed by atoms with Crippen LogP contribution in [0.2, 0.25) is 0 Å². The summed E-state index contributed by atoms with van der Waals surface area (Å²) < 4.78 is 5.05. The number of nitrogens with zero attached hydrogens (tertiary/aromatic N) is 2. The number of piperidine rings is 1. The van der Waals surface area contributed by atoms with E-state index >= 15 is 0 Å². The van der Waals surface area contributed by atoms with Gasteiger partial charge < -0.3 is 20.4 Å². The molecule has 24 heavy (non-hydrogen) atoms. The molecule has 0 aliphatic carbocycles. The van der Waals surface area contributed by atoms with Gasteiger partial charge in [0.2, 0.25) is 0 Å². The van der Waals surface area contributed by atoms with Gasteiger partial charge in [0.15, 0.2) is 5.75 Å². The van der Waals surface area contributed by atoms with E-state index in [1.165, 1.54) is 13.0 Å². The summed E-state index contributed by atoms with van der Waals surface area (Å²) >= 11 is 0. The van der Waals surface area contributed by atoms with Crippen LogP contribution in [0.3, 0.4) is 0 Å². The Morgan fingerprint density at radius 2 is 2.17 bits per heavy atom. The number of aromatic nitrogens is 2. The molecule has 6 nitrogen and oxygen atoms in total. The van der Waals surface area contributed by atoms with Crippen LogP contribution in [0.1, 0.15) is 44.9 Å². The summed E-state index contributed by atoms with van der Waals surface area (Å²) in [5.74, 6) is 2.57. The molecule has 0 radical (unpaired) electrons. The van der Waals surface area contributed by atoms with E-state index in [0.717, 1.165) is 43.2 Å². The van der Waals surface area contributed by atoms with Crippen LogP contribution in [-0.4, -0.2) is 40.6 Å². The first-order valence-electron chi connectivity index (χ1n) is 8.71. The molecule has 130 valence electrons. The average Bonchev–Trinajstić information content (AvgIpc) is 2.98. The number of amides is 1.